The zero-order chi connectivity index (χ0) is 11.1. The van der Waals surface area contributed by atoms with Crippen LogP contribution < -0.4 is 5.73 Å². The summed E-state index contributed by atoms with van der Waals surface area (Å²) in [6, 6.07) is 0. The summed E-state index contributed by atoms with van der Waals surface area (Å²) in [4.78, 5) is 12.9. The van der Waals surface area contributed by atoms with Gasteiger partial charge in [0.2, 0.25) is 0 Å². The van der Waals surface area contributed by atoms with Crippen LogP contribution in [-0.4, -0.2) is 30.0 Å². The van der Waals surface area contributed by atoms with Gasteiger partial charge in [-0.05, 0) is 31.4 Å². The van der Waals surface area contributed by atoms with Crippen LogP contribution in [0.1, 0.15) is 6.92 Å². The average molecular weight is 196 g/mol. The van der Waals surface area contributed by atoms with Crippen LogP contribution in [0.15, 0.2) is 35.8 Å². The van der Waals surface area contributed by atoms with E-state index in [-0.39, 0.29) is 11.7 Å². The number of nitrogens with two attached hydrogens (primary N) is 1. The van der Waals surface area contributed by atoms with Gasteiger partial charge in [0.15, 0.2) is 0 Å². The molecule has 0 aliphatic rings. The zero-order valence-electron chi connectivity index (χ0n) is 8.69. The van der Waals surface area contributed by atoms with Crippen molar-refractivity contribution in [3.05, 3.63) is 35.8 Å². The topological polar surface area (TPSA) is 66.6 Å². The largest absolute Gasteiger partial charge is 0.513 e. The summed E-state index contributed by atoms with van der Waals surface area (Å²) in [5.74, 6) is -0.103. The first-order chi connectivity index (χ1) is 6.49. The second-order valence-electron chi connectivity index (χ2n) is 2.99. The molecule has 0 saturated carbocycles. The number of amides is 1. The number of allylic oxidation sites excluding steroid dienone is 3. The first-order valence-corrected chi connectivity index (χ1v) is 4.16. The number of aliphatic hydroxyl groups is 1. The van der Waals surface area contributed by atoms with Crippen LogP contribution in [-0.2, 0) is 4.79 Å². The van der Waals surface area contributed by atoms with Gasteiger partial charge in [-0.25, -0.2) is 0 Å². The highest BCUT2D eigenvalue weighted by atomic mass is 16.3. The van der Waals surface area contributed by atoms with Crippen LogP contribution in [0, 0.1) is 0 Å². The Balaban J connectivity index is 4.92. The van der Waals surface area contributed by atoms with Gasteiger partial charge in [0.1, 0.15) is 0 Å². The summed E-state index contributed by atoms with van der Waals surface area (Å²) in [5, 5.41) is 9.05. The minimum Gasteiger partial charge on any atom is -0.513 e. The van der Waals surface area contributed by atoms with Crippen LogP contribution in [0.2, 0.25) is 0 Å². The summed E-state index contributed by atoms with van der Waals surface area (Å²) in [6.07, 6.45) is 5.80. The maximum atomic E-state index is 11.5. The number of carbonyl (C=O) groups excluding carboxylic acids is 1. The average Bonchev–Trinajstić information content (AvgIpc) is 2.10. The fraction of sp³-hybridized carbons (Fsp3) is 0.300. The number of hydrogen-bond acceptors (Lipinski definition) is 3. The summed E-state index contributed by atoms with van der Waals surface area (Å²) in [5.41, 5.74) is 5.54. The molecule has 0 atom stereocenters. The van der Waals surface area contributed by atoms with E-state index in [2.05, 4.69) is 0 Å². The molecule has 0 aromatic rings. The molecule has 0 saturated heterocycles. The lowest BCUT2D eigenvalue weighted by Crippen LogP contribution is -2.22. The number of carbonyl (C=O) groups is 1. The van der Waals surface area contributed by atoms with Gasteiger partial charge < -0.3 is 15.7 Å². The number of hydrogen-bond donors (Lipinski definition) is 2. The molecule has 78 valence electrons. The van der Waals surface area contributed by atoms with Crippen molar-refractivity contribution in [2.75, 3.05) is 14.1 Å². The van der Waals surface area contributed by atoms with E-state index in [0.717, 1.165) is 0 Å². The Morgan fingerprint density at radius 1 is 1.43 bits per heavy atom. The molecule has 4 nitrogen and oxygen atoms in total. The maximum Gasteiger partial charge on any atom is 0.253 e. The molecule has 0 aromatic heterocycles. The third kappa shape index (κ3) is 4.35. The van der Waals surface area contributed by atoms with Crippen LogP contribution >= 0.6 is 0 Å². The quantitative estimate of drug-likeness (QED) is 0.401. The van der Waals surface area contributed by atoms with Crippen LogP contribution in [0.4, 0.5) is 0 Å². The second-order valence-corrected chi connectivity index (χ2v) is 2.99. The van der Waals surface area contributed by atoms with Gasteiger partial charge in [0.05, 0.1) is 5.76 Å². The second kappa shape index (κ2) is 5.85. The van der Waals surface area contributed by atoms with Gasteiger partial charge in [-0.1, -0.05) is 0 Å². The Labute approximate surface area is 84.0 Å². The van der Waals surface area contributed by atoms with E-state index in [1.165, 1.54) is 30.2 Å². The molecule has 0 bridgehead atoms. The third-order valence-electron chi connectivity index (χ3n) is 1.40. The fourth-order valence-electron chi connectivity index (χ4n) is 0.824. The van der Waals surface area contributed by atoms with Gasteiger partial charge in [0, 0.05) is 19.7 Å². The van der Waals surface area contributed by atoms with Crippen LogP contribution in [0.5, 0.6) is 0 Å². The summed E-state index contributed by atoms with van der Waals surface area (Å²) in [6.45, 7) is 1.50. The molecule has 0 spiro atoms. The third-order valence-corrected chi connectivity index (χ3v) is 1.40. The molecule has 0 aliphatic heterocycles. The first-order valence-electron chi connectivity index (χ1n) is 4.16. The molecule has 0 heterocycles. The van der Waals surface area contributed by atoms with Crippen molar-refractivity contribution in [1.82, 2.24) is 4.90 Å². The Morgan fingerprint density at radius 2 is 2.00 bits per heavy atom. The fourth-order valence-corrected chi connectivity index (χ4v) is 0.824. The lowest BCUT2D eigenvalue weighted by Gasteiger charge is -2.10. The smallest absolute Gasteiger partial charge is 0.253 e. The minimum absolute atomic E-state index is 0.0804. The van der Waals surface area contributed by atoms with Crippen molar-refractivity contribution in [2.24, 2.45) is 5.73 Å². The lowest BCUT2D eigenvalue weighted by atomic mass is 10.2. The molecule has 0 rings (SSSR count). The number of likely N-dealkylation sites (N-methyl/N-ethyl adjacent to an activating group) is 1. The SMILES string of the molecule is C\C(O)=C/C(=C\C=C\N)C(=O)N(C)C. The highest BCUT2D eigenvalue weighted by molar-refractivity contribution is 5.96. The molecule has 0 aromatic carbocycles. The Kier molecular flexibility index (Phi) is 5.14. The highest BCUT2D eigenvalue weighted by Crippen LogP contribution is 2.04. The van der Waals surface area contributed by atoms with Crippen molar-refractivity contribution in [3.8, 4) is 0 Å². The van der Waals surface area contributed by atoms with E-state index in [0.29, 0.717) is 5.57 Å². The van der Waals surface area contributed by atoms with Crippen LogP contribution in [0.25, 0.3) is 0 Å². The summed E-state index contributed by atoms with van der Waals surface area (Å²) >= 11 is 0. The molecule has 0 aliphatic carbocycles. The Bertz CT molecular complexity index is 284. The Morgan fingerprint density at radius 3 is 2.36 bits per heavy atom. The van der Waals surface area contributed by atoms with Gasteiger partial charge in [-0.15, -0.1) is 0 Å². The standard InChI is InChI=1S/C10H16N2O2/c1-8(13)7-9(5-4-6-11)10(14)12(2)3/h4-7,13H,11H2,1-3H3/b6-4+,8-7+,9-5+. The number of rotatable bonds is 3. The van der Waals surface area contributed by atoms with Gasteiger partial charge in [0.25, 0.3) is 5.91 Å². The monoisotopic (exact) mass is 196 g/mol. The van der Waals surface area contributed by atoms with Crippen molar-refractivity contribution in [2.45, 2.75) is 6.92 Å². The van der Waals surface area contributed by atoms with Crippen molar-refractivity contribution < 1.29 is 9.90 Å². The van der Waals surface area contributed by atoms with E-state index in [4.69, 9.17) is 10.8 Å². The molecule has 1 amide bonds. The zero-order valence-corrected chi connectivity index (χ0v) is 8.69. The maximum absolute atomic E-state index is 11.5. The van der Waals surface area contributed by atoms with Crippen molar-refractivity contribution in [3.63, 3.8) is 0 Å². The minimum atomic E-state index is -0.184. The molecule has 3 N–H and O–H groups in total. The van der Waals surface area contributed by atoms with Gasteiger partial charge >= 0.3 is 0 Å². The molecule has 4 heteroatoms. The molecule has 0 fully saturated rings. The van der Waals surface area contributed by atoms with E-state index in [1.54, 1.807) is 20.2 Å². The van der Waals surface area contributed by atoms with Gasteiger partial charge in [-0.3, -0.25) is 4.79 Å². The highest BCUT2D eigenvalue weighted by Gasteiger charge is 2.08. The number of nitrogens with zero attached hydrogens (tertiary/aromatic N) is 1. The predicted molar refractivity (Wildman–Crippen MR) is 56.5 cm³/mol. The molecule has 0 unspecified atom stereocenters. The Hall–Kier alpha value is -1.71. The summed E-state index contributed by atoms with van der Waals surface area (Å²) in [7, 11) is 3.28. The first kappa shape index (κ1) is 12.3. The van der Waals surface area contributed by atoms with Crippen molar-refractivity contribution in [1.29, 1.82) is 0 Å². The molecule has 14 heavy (non-hydrogen) atoms. The normalized spacial score (nSPS) is 13.4. The molecule has 0 radical (unpaired) electrons. The molecular weight excluding hydrogens is 180 g/mol. The predicted octanol–water partition coefficient (Wildman–Crippen LogP) is 0.935. The summed E-state index contributed by atoms with van der Waals surface area (Å²) < 4.78 is 0. The van der Waals surface area contributed by atoms with Crippen molar-refractivity contribution >= 4 is 5.91 Å². The van der Waals surface area contributed by atoms with Crippen LogP contribution in [0.3, 0.4) is 0 Å². The van der Waals surface area contributed by atoms with E-state index >= 15 is 0 Å². The van der Waals surface area contributed by atoms with E-state index < -0.39 is 0 Å². The lowest BCUT2D eigenvalue weighted by molar-refractivity contribution is -0.124. The van der Waals surface area contributed by atoms with E-state index in [9.17, 15) is 4.79 Å². The molecular formula is C10H16N2O2. The number of aliphatic hydroxyl groups excluding tert-OH is 1. The van der Waals surface area contributed by atoms with Gasteiger partial charge in [-0.2, -0.15) is 0 Å². The van der Waals surface area contributed by atoms with E-state index in [1.807, 2.05) is 0 Å².